The lowest BCUT2D eigenvalue weighted by Crippen LogP contribution is -2.51. The number of carbonyl (C=O) groups excluding carboxylic acids is 1. The molecule has 1 saturated heterocycles. The fraction of sp³-hybridized carbons (Fsp3) is 0.900. The lowest BCUT2D eigenvalue weighted by atomic mass is 10.1. The van der Waals surface area contributed by atoms with E-state index in [4.69, 9.17) is 11.5 Å². The van der Waals surface area contributed by atoms with Crippen LogP contribution in [-0.4, -0.2) is 61.0 Å². The van der Waals surface area contributed by atoms with Crippen LogP contribution in [-0.2, 0) is 4.79 Å². The third-order valence-electron chi connectivity index (χ3n) is 3.17. The molecule has 0 aromatic carbocycles. The standard InChI is InChI=1S/C10H22N4O/c1-8-7-14(6-5-13(8)2)4-3-9(11)10(12)15/h8-9H,3-7,11H2,1-2H3,(H2,12,15). The lowest BCUT2D eigenvalue weighted by Gasteiger charge is -2.37. The first kappa shape index (κ1) is 12.4. The van der Waals surface area contributed by atoms with Gasteiger partial charge in [-0.2, -0.15) is 0 Å². The van der Waals surface area contributed by atoms with Crippen LogP contribution in [0.25, 0.3) is 0 Å². The van der Waals surface area contributed by atoms with Gasteiger partial charge in [0.05, 0.1) is 6.04 Å². The van der Waals surface area contributed by atoms with E-state index in [1.165, 1.54) is 0 Å². The first-order chi connectivity index (χ1) is 7.00. The molecule has 0 radical (unpaired) electrons. The number of carbonyl (C=O) groups is 1. The second-order valence-corrected chi connectivity index (χ2v) is 4.43. The molecule has 88 valence electrons. The molecule has 1 rings (SSSR count). The van der Waals surface area contributed by atoms with E-state index >= 15 is 0 Å². The summed E-state index contributed by atoms with van der Waals surface area (Å²) < 4.78 is 0. The number of piperazine rings is 1. The highest BCUT2D eigenvalue weighted by molar-refractivity contribution is 5.79. The molecule has 0 bridgehead atoms. The molecule has 1 amide bonds. The van der Waals surface area contributed by atoms with Gasteiger partial charge in [-0.05, 0) is 20.4 Å². The minimum Gasteiger partial charge on any atom is -0.368 e. The predicted molar refractivity (Wildman–Crippen MR) is 60.3 cm³/mol. The molecule has 0 aromatic heterocycles. The first-order valence-corrected chi connectivity index (χ1v) is 5.48. The van der Waals surface area contributed by atoms with Crippen LogP contribution in [0.5, 0.6) is 0 Å². The predicted octanol–water partition coefficient (Wildman–Crippen LogP) is -1.17. The molecule has 1 heterocycles. The maximum Gasteiger partial charge on any atom is 0.234 e. The third kappa shape index (κ3) is 3.77. The quantitative estimate of drug-likeness (QED) is 0.618. The summed E-state index contributed by atoms with van der Waals surface area (Å²) in [6, 6.07) is 0.0727. The second kappa shape index (κ2) is 5.44. The summed E-state index contributed by atoms with van der Waals surface area (Å²) >= 11 is 0. The second-order valence-electron chi connectivity index (χ2n) is 4.43. The molecule has 4 N–H and O–H groups in total. The van der Waals surface area contributed by atoms with Gasteiger partial charge in [0.25, 0.3) is 0 Å². The van der Waals surface area contributed by atoms with Crippen molar-refractivity contribution in [2.45, 2.75) is 25.4 Å². The van der Waals surface area contributed by atoms with Crippen molar-refractivity contribution in [2.75, 3.05) is 33.2 Å². The molecule has 5 heteroatoms. The van der Waals surface area contributed by atoms with Crippen LogP contribution < -0.4 is 11.5 Å². The minimum absolute atomic E-state index is 0.405. The molecule has 1 fully saturated rings. The third-order valence-corrected chi connectivity index (χ3v) is 3.17. The number of amides is 1. The van der Waals surface area contributed by atoms with E-state index in [-0.39, 0.29) is 0 Å². The average molecular weight is 214 g/mol. The van der Waals surface area contributed by atoms with Crippen LogP contribution in [0.4, 0.5) is 0 Å². The van der Waals surface area contributed by atoms with Gasteiger partial charge in [-0.25, -0.2) is 0 Å². The fourth-order valence-electron chi connectivity index (χ4n) is 1.79. The summed E-state index contributed by atoms with van der Waals surface area (Å²) in [4.78, 5) is 15.4. The minimum atomic E-state index is -0.500. The van der Waals surface area contributed by atoms with Crippen LogP contribution in [0, 0.1) is 0 Å². The van der Waals surface area contributed by atoms with Crippen LogP contribution >= 0.6 is 0 Å². The van der Waals surface area contributed by atoms with Crippen molar-refractivity contribution < 1.29 is 4.79 Å². The van der Waals surface area contributed by atoms with E-state index in [0.717, 1.165) is 26.2 Å². The fourth-order valence-corrected chi connectivity index (χ4v) is 1.79. The number of hydrogen-bond acceptors (Lipinski definition) is 4. The van der Waals surface area contributed by atoms with Gasteiger partial charge in [-0.1, -0.05) is 0 Å². The van der Waals surface area contributed by atoms with Crippen molar-refractivity contribution in [3.05, 3.63) is 0 Å². The summed E-state index contributed by atoms with van der Waals surface area (Å²) in [5.41, 5.74) is 10.7. The Balaban J connectivity index is 2.25. The van der Waals surface area contributed by atoms with Crippen molar-refractivity contribution in [2.24, 2.45) is 11.5 Å². The monoisotopic (exact) mass is 214 g/mol. The van der Waals surface area contributed by atoms with E-state index in [1.807, 2.05) is 0 Å². The van der Waals surface area contributed by atoms with Crippen LogP contribution in [0.15, 0.2) is 0 Å². The largest absolute Gasteiger partial charge is 0.368 e. The van der Waals surface area contributed by atoms with Crippen molar-refractivity contribution >= 4 is 5.91 Å². The van der Waals surface area contributed by atoms with Crippen molar-refractivity contribution in [1.82, 2.24) is 9.80 Å². The summed E-state index contributed by atoms with van der Waals surface area (Å²) in [5.74, 6) is -0.405. The molecule has 0 aromatic rings. The van der Waals surface area contributed by atoms with Crippen molar-refractivity contribution in [3.8, 4) is 0 Å². The Labute approximate surface area is 91.4 Å². The summed E-state index contributed by atoms with van der Waals surface area (Å²) in [6.45, 7) is 6.24. The maximum absolute atomic E-state index is 10.8. The van der Waals surface area contributed by atoms with Gasteiger partial charge >= 0.3 is 0 Å². The topological polar surface area (TPSA) is 75.6 Å². The highest BCUT2D eigenvalue weighted by Gasteiger charge is 2.21. The number of nitrogens with zero attached hydrogens (tertiary/aromatic N) is 2. The molecular weight excluding hydrogens is 192 g/mol. The Bertz CT molecular complexity index is 221. The summed E-state index contributed by atoms with van der Waals surface area (Å²) in [5, 5.41) is 0. The smallest absolute Gasteiger partial charge is 0.234 e. The van der Waals surface area contributed by atoms with Gasteiger partial charge in [0, 0.05) is 32.2 Å². The van der Waals surface area contributed by atoms with Crippen LogP contribution in [0.3, 0.4) is 0 Å². The molecule has 0 saturated carbocycles. The molecular formula is C10H22N4O. The van der Waals surface area contributed by atoms with Gasteiger partial charge in [0.2, 0.25) is 5.91 Å². The molecule has 5 nitrogen and oxygen atoms in total. The van der Waals surface area contributed by atoms with Gasteiger partial charge in [-0.15, -0.1) is 0 Å². The molecule has 1 aliphatic heterocycles. The molecule has 0 spiro atoms. The Morgan fingerprint density at radius 2 is 2.20 bits per heavy atom. The maximum atomic E-state index is 10.8. The van der Waals surface area contributed by atoms with E-state index in [2.05, 4.69) is 23.8 Å². The molecule has 0 aliphatic carbocycles. The SMILES string of the molecule is CC1CN(CCC(N)C(N)=O)CCN1C. The van der Waals surface area contributed by atoms with Crippen LogP contribution in [0.1, 0.15) is 13.3 Å². The highest BCUT2D eigenvalue weighted by atomic mass is 16.1. The first-order valence-electron chi connectivity index (χ1n) is 5.48. The highest BCUT2D eigenvalue weighted by Crippen LogP contribution is 2.07. The number of nitrogens with two attached hydrogens (primary N) is 2. The Morgan fingerprint density at radius 3 is 2.73 bits per heavy atom. The Morgan fingerprint density at radius 1 is 1.53 bits per heavy atom. The number of rotatable bonds is 4. The zero-order chi connectivity index (χ0) is 11.4. The van der Waals surface area contributed by atoms with E-state index in [9.17, 15) is 4.79 Å². The van der Waals surface area contributed by atoms with Gasteiger partial charge < -0.3 is 21.3 Å². The summed E-state index contributed by atoms with van der Waals surface area (Å²) in [6.07, 6.45) is 0.658. The summed E-state index contributed by atoms with van der Waals surface area (Å²) in [7, 11) is 2.14. The molecule has 2 atom stereocenters. The zero-order valence-electron chi connectivity index (χ0n) is 9.65. The lowest BCUT2D eigenvalue weighted by molar-refractivity contribution is -0.119. The normalized spacial score (nSPS) is 26.5. The average Bonchev–Trinajstić information content (AvgIpc) is 2.19. The molecule has 1 aliphatic rings. The number of likely N-dealkylation sites (N-methyl/N-ethyl adjacent to an activating group) is 1. The molecule has 2 unspecified atom stereocenters. The van der Waals surface area contributed by atoms with Gasteiger partial charge in [0.15, 0.2) is 0 Å². The number of hydrogen-bond donors (Lipinski definition) is 2. The van der Waals surface area contributed by atoms with E-state index in [0.29, 0.717) is 12.5 Å². The van der Waals surface area contributed by atoms with Crippen molar-refractivity contribution in [3.63, 3.8) is 0 Å². The van der Waals surface area contributed by atoms with Crippen LogP contribution in [0.2, 0.25) is 0 Å². The molecule has 15 heavy (non-hydrogen) atoms. The van der Waals surface area contributed by atoms with Gasteiger partial charge in [0.1, 0.15) is 0 Å². The number of primary amides is 1. The van der Waals surface area contributed by atoms with Gasteiger partial charge in [-0.3, -0.25) is 4.79 Å². The zero-order valence-corrected chi connectivity index (χ0v) is 9.65. The Hall–Kier alpha value is -0.650. The van der Waals surface area contributed by atoms with Crippen molar-refractivity contribution in [1.29, 1.82) is 0 Å². The Kier molecular flexibility index (Phi) is 4.50. The van der Waals surface area contributed by atoms with E-state index < -0.39 is 11.9 Å². The van der Waals surface area contributed by atoms with E-state index in [1.54, 1.807) is 0 Å².